The van der Waals surface area contributed by atoms with Crippen molar-refractivity contribution in [2.75, 3.05) is 0 Å². The number of aliphatic imine (C=N–C) groups is 1. The molecule has 1 N–H and O–H groups in total. The van der Waals surface area contributed by atoms with Crippen molar-refractivity contribution in [3.63, 3.8) is 0 Å². The molecule has 1 aliphatic heterocycles. The first-order chi connectivity index (χ1) is 6.82. The molecule has 6 heteroatoms. The van der Waals surface area contributed by atoms with Gasteiger partial charge in [0.1, 0.15) is 0 Å². The topological polar surface area (TPSA) is 68.0 Å². The van der Waals surface area contributed by atoms with Gasteiger partial charge in [-0.3, -0.25) is 4.99 Å². The number of rotatable bonds is 1. The molecule has 6 nitrogen and oxygen atoms in total. The first kappa shape index (κ1) is 10.1. The zero-order valence-electron chi connectivity index (χ0n) is 9.74. The van der Waals surface area contributed by atoms with Crippen LogP contribution in [0, 0.1) is 0 Å². The van der Waals surface area contributed by atoms with Crippen LogP contribution in [0.5, 0.6) is 0 Å². The van der Waals surface area contributed by atoms with Crippen molar-refractivity contribution in [3.8, 4) is 0 Å². The van der Waals surface area contributed by atoms with Crippen LogP contribution in [0.3, 0.4) is 0 Å². The molecule has 2 heterocycles. The van der Waals surface area contributed by atoms with Gasteiger partial charge >= 0.3 is 0 Å². The standard InChI is InChI=1S/C9H16N6/c1-8(2)9(3,4)11-6(10-8)7-12-14-15(5)13-7/h1-5H3,(H,10,11). The minimum atomic E-state index is -0.165. The molecular formula is C9H16N6. The van der Waals surface area contributed by atoms with Crippen LogP contribution in [-0.2, 0) is 7.05 Å². The zero-order valence-corrected chi connectivity index (χ0v) is 9.74. The summed E-state index contributed by atoms with van der Waals surface area (Å²) in [6.07, 6.45) is 0. The number of hydrogen-bond acceptors (Lipinski definition) is 5. The number of aryl methyl sites for hydroxylation is 1. The van der Waals surface area contributed by atoms with Gasteiger partial charge in [0.15, 0.2) is 5.84 Å². The zero-order chi connectivity index (χ0) is 11.3. The molecule has 0 fully saturated rings. The van der Waals surface area contributed by atoms with Gasteiger partial charge in [0.05, 0.1) is 18.1 Å². The van der Waals surface area contributed by atoms with Gasteiger partial charge in [-0.1, -0.05) is 0 Å². The monoisotopic (exact) mass is 208 g/mol. The quantitative estimate of drug-likeness (QED) is 0.711. The Kier molecular flexibility index (Phi) is 1.86. The summed E-state index contributed by atoms with van der Waals surface area (Å²) in [5.74, 6) is 1.27. The van der Waals surface area contributed by atoms with E-state index >= 15 is 0 Å². The van der Waals surface area contributed by atoms with Gasteiger partial charge in [-0.15, -0.1) is 10.2 Å². The Bertz CT molecular complexity index is 414. The Labute approximate surface area is 88.8 Å². The molecule has 0 aliphatic carbocycles. The van der Waals surface area contributed by atoms with E-state index in [1.165, 1.54) is 4.80 Å². The van der Waals surface area contributed by atoms with Gasteiger partial charge in [0.2, 0.25) is 5.82 Å². The van der Waals surface area contributed by atoms with Crippen LogP contribution in [0.2, 0.25) is 0 Å². The van der Waals surface area contributed by atoms with Gasteiger partial charge in [-0.05, 0) is 32.9 Å². The van der Waals surface area contributed by atoms with E-state index < -0.39 is 0 Å². The van der Waals surface area contributed by atoms with E-state index in [4.69, 9.17) is 0 Å². The second kappa shape index (κ2) is 2.77. The van der Waals surface area contributed by atoms with Crippen LogP contribution in [0.1, 0.15) is 33.5 Å². The van der Waals surface area contributed by atoms with E-state index in [1.807, 2.05) is 0 Å². The Hall–Kier alpha value is -1.46. The van der Waals surface area contributed by atoms with Crippen molar-refractivity contribution < 1.29 is 0 Å². The Morgan fingerprint density at radius 3 is 2.27 bits per heavy atom. The van der Waals surface area contributed by atoms with Gasteiger partial charge in [-0.2, -0.15) is 4.80 Å². The lowest BCUT2D eigenvalue weighted by atomic mass is 9.85. The molecule has 0 unspecified atom stereocenters. The van der Waals surface area contributed by atoms with Crippen molar-refractivity contribution in [3.05, 3.63) is 5.82 Å². The lowest BCUT2D eigenvalue weighted by Gasteiger charge is -2.32. The average Bonchev–Trinajstić information content (AvgIpc) is 2.56. The molecule has 0 bridgehead atoms. The normalized spacial score (nSPS) is 22.3. The Balaban J connectivity index is 2.36. The van der Waals surface area contributed by atoms with Crippen LogP contribution >= 0.6 is 0 Å². The lowest BCUT2D eigenvalue weighted by Crippen LogP contribution is -2.50. The van der Waals surface area contributed by atoms with E-state index in [0.717, 1.165) is 5.84 Å². The number of tetrazole rings is 1. The molecule has 1 aromatic rings. The third kappa shape index (κ3) is 1.49. The summed E-state index contributed by atoms with van der Waals surface area (Å²) in [4.78, 5) is 6.01. The fourth-order valence-corrected chi connectivity index (χ4v) is 1.38. The van der Waals surface area contributed by atoms with Crippen molar-refractivity contribution in [2.45, 2.75) is 38.8 Å². The fraction of sp³-hybridized carbons (Fsp3) is 0.778. The molecule has 0 saturated carbocycles. The lowest BCUT2D eigenvalue weighted by molar-refractivity contribution is 0.309. The Morgan fingerprint density at radius 1 is 1.20 bits per heavy atom. The van der Waals surface area contributed by atoms with E-state index in [1.54, 1.807) is 7.05 Å². The predicted molar refractivity (Wildman–Crippen MR) is 56.6 cm³/mol. The molecule has 15 heavy (non-hydrogen) atoms. The summed E-state index contributed by atoms with van der Waals surface area (Å²) in [7, 11) is 1.74. The summed E-state index contributed by atoms with van der Waals surface area (Å²) < 4.78 is 0. The van der Waals surface area contributed by atoms with E-state index in [0.29, 0.717) is 5.82 Å². The summed E-state index contributed by atoms with van der Waals surface area (Å²) >= 11 is 0. The molecule has 0 atom stereocenters. The molecule has 0 amide bonds. The highest BCUT2D eigenvalue weighted by Crippen LogP contribution is 2.30. The van der Waals surface area contributed by atoms with Crippen molar-refractivity contribution in [2.24, 2.45) is 12.0 Å². The molecular weight excluding hydrogens is 192 g/mol. The maximum atomic E-state index is 4.58. The minimum Gasteiger partial charge on any atom is -0.360 e. The van der Waals surface area contributed by atoms with Crippen LogP contribution in [0.4, 0.5) is 0 Å². The van der Waals surface area contributed by atoms with Gasteiger partial charge in [-0.25, -0.2) is 0 Å². The first-order valence-corrected chi connectivity index (χ1v) is 4.94. The fourth-order valence-electron chi connectivity index (χ4n) is 1.38. The largest absolute Gasteiger partial charge is 0.360 e. The smallest absolute Gasteiger partial charge is 0.239 e. The predicted octanol–water partition coefficient (Wildman–Crippen LogP) is 0.117. The van der Waals surface area contributed by atoms with Crippen molar-refractivity contribution >= 4 is 5.84 Å². The van der Waals surface area contributed by atoms with E-state index in [-0.39, 0.29) is 11.1 Å². The van der Waals surface area contributed by atoms with Crippen LogP contribution < -0.4 is 5.32 Å². The molecule has 0 spiro atoms. The highest BCUT2D eigenvalue weighted by Gasteiger charge is 2.43. The van der Waals surface area contributed by atoms with Crippen LogP contribution in [0.25, 0.3) is 0 Å². The third-order valence-electron chi connectivity index (χ3n) is 3.07. The second-order valence-electron chi connectivity index (χ2n) is 4.87. The molecule has 1 aliphatic rings. The van der Waals surface area contributed by atoms with E-state index in [9.17, 15) is 0 Å². The van der Waals surface area contributed by atoms with Gasteiger partial charge < -0.3 is 5.32 Å². The number of aromatic nitrogens is 4. The molecule has 0 aromatic carbocycles. The van der Waals surface area contributed by atoms with Crippen LogP contribution in [0.15, 0.2) is 4.99 Å². The third-order valence-corrected chi connectivity index (χ3v) is 3.07. The maximum Gasteiger partial charge on any atom is 0.239 e. The van der Waals surface area contributed by atoms with Crippen molar-refractivity contribution in [1.29, 1.82) is 0 Å². The van der Waals surface area contributed by atoms with Crippen LogP contribution in [-0.4, -0.2) is 37.1 Å². The highest BCUT2D eigenvalue weighted by atomic mass is 15.6. The van der Waals surface area contributed by atoms with Gasteiger partial charge in [0, 0.05) is 0 Å². The molecule has 0 saturated heterocycles. The van der Waals surface area contributed by atoms with Crippen molar-refractivity contribution in [1.82, 2.24) is 25.5 Å². The number of nitrogens with one attached hydrogen (secondary N) is 1. The molecule has 0 radical (unpaired) electrons. The summed E-state index contributed by atoms with van der Waals surface area (Å²) in [6, 6.07) is 0. The number of nitrogens with zero attached hydrogens (tertiary/aromatic N) is 5. The summed E-state index contributed by atoms with van der Waals surface area (Å²) in [5, 5.41) is 15.2. The summed E-state index contributed by atoms with van der Waals surface area (Å²) in [5.41, 5.74) is -0.261. The number of hydrogen-bond donors (Lipinski definition) is 1. The van der Waals surface area contributed by atoms with Gasteiger partial charge in [0.25, 0.3) is 0 Å². The minimum absolute atomic E-state index is 0.0957. The molecule has 82 valence electrons. The van der Waals surface area contributed by atoms with E-state index in [2.05, 4.69) is 53.4 Å². The average molecular weight is 208 g/mol. The number of amidine groups is 1. The second-order valence-corrected chi connectivity index (χ2v) is 4.87. The highest BCUT2D eigenvalue weighted by molar-refractivity contribution is 5.97. The molecule has 2 rings (SSSR count). The summed E-state index contributed by atoms with van der Waals surface area (Å²) in [6.45, 7) is 8.40. The molecule has 1 aromatic heterocycles. The SMILES string of the molecule is Cn1nnc(C2=NC(C)(C)C(C)(C)N2)n1. The first-order valence-electron chi connectivity index (χ1n) is 4.94. The Morgan fingerprint density at radius 2 is 1.87 bits per heavy atom. The maximum absolute atomic E-state index is 4.58.